The summed E-state index contributed by atoms with van der Waals surface area (Å²) in [5, 5.41) is 47.0. The first-order chi connectivity index (χ1) is 30.5. The van der Waals surface area contributed by atoms with Gasteiger partial charge in [0, 0.05) is 118 Å². The van der Waals surface area contributed by atoms with E-state index in [2.05, 4.69) is 4.74 Å². The van der Waals surface area contributed by atoms with Crippen LogP contribution in [0.25, 0.3) is 0 Å². The predicted molar refractivity (Wildman–Crippen MR) is 226 cm³/mol. The Labute approximate surface area is 375 Å². The summed E-state index contributed by atoms with van der Waals surface area (Å²) in [5.74, 6) is -1.76. The second-order valence-corrected chi connectivity index (χ2v) is 12.4. The predicted octanol–water partition coefficient (Wildman–Crippen LogP) is 3.04. The summed E-state index contributed by atoms with van der Waals surface area (Å²) in [6, 6.07) is 9.95. The summed E-state index contributed by atoms with van der Waals surface area (Å²) in [4.78, 5) is 108. The fourth-order valence-corrected chi connectivity index (χ4v) is 4.43. The van der Waals surface area contributed by atoms with E-state index in [0.717, 1.165) is 23.0 Å². The minimum atomic E-state index is -0.978. The second kappa shape index (κ2) is 33.3. The molecule has 6 rings (SSSR count). The number of benzene rings is 2. The first-order valence-electron chi connectivity index (χ1n) is 18.7. The fourth-order valence-electron chi connectivity index (χ4n) is 4.34. The van der Waals surface area contributed by atoms with E-state index in [0.29, 0.717) is 19.4 Å². The average Bonchev–Trinajstić information content (AvgIpc) is 4.09. The lowest BCUT2D eigenvalue weighted by Gasteiger charge is -2.13. The highest BCUT2D eigenvalue weighted by atomic mass is 35.5. The Balaban J connectivity index is 0.000000829. The molecule has 24 nitrogen and oxygen atoms in total. The van der Waals surface area contributed by atoms with Crippen LogP contribution in [0.3, 0.4) is 0 Å². The molecule has 354 valence electrons. The Bertz CT molecular complexity index is 1940. The van der Waals surface area contributed by atoms with Gasteiger partial charge in [-0.3, -0.25) is 64.1 Å². The third kappa shape index (κ3) is 25.5. The summed E-state index contributed by atoms with van der Waals surface area (Å²) >= 11 is 4.92. The summed E-state index contributed by atoms with van der Waals surface area (Å²) < 4.78 is 19.0. The maximum atomic E-state index is 11.4. The van der Waals surface area contributed by atoms with E-state index in [1.165, 1.54) is 97.8 Å². The lowest BCUT2D eigenvalue weighted by molar-refractivity contribution is -0.385. The molecule has 2 aromatic carbocycles. The number of halogens is 1. The Morgan fingerprint density at radius 1 is 0.631 bits per heavy atom. The Kier molecular flexibility index (Phi) is 29.6. The summed E-state index contributed by atoms with van der Waals surface area (Å²) in [5.41, 5.74) is -1.18. The van der Waals surface area contributed by atoms with Gasteiger partial charge in [-0.25, -0.2) is 9.59 Å². The molecule has 4 N–H and O–H groups in total. The standard InChI is InChI=1S/C14H12N2O7.C7H4ClNO4.C7H9NO3.C4H3NO2.C4H8O.C3H8O2.CH4/c17-12-6-7-13(18)15(12)8-1-9-22-14(19)23-11-4-2-10(3-5-11)16(20)21;8-7(10)13-6-3-1-5(2-4-6)9(11)12;9-5-1-4-8-6(10)2-3-7(8)11;6-3-1-2-4(7)5-3;1-2-4-5-3-1;4-2-1-3-5;/h2-7H,1,8-9H2;1-4H;2-3,9H,1,4-5H2;1-2H,(H,5,6,7);1-4H2;4-5H,1-3H2;1H4. The van der Waals surface area contributed by atoms with Crippen molar-refractivity contribution in [2.24, 2.45) is 0 Å². The molecule has 65 heavy (non-hydrogen) atoms. The maximum absolute atomic E-state index is 11.4. The average molecular weight is 938 g/mol. The van der Waals surface area contributed by atoms with Crippen LogP contribution >= 0.6 is 11.6 Å². The van der Waals surface area contributed by atoms with Crippen molar-refractivity contribution in [2.75, 3.05) is 52.7 Å². The van der Waals surface area contributed by atoms with Gasteiger partial charge in [-0.2, -0.15) is 0 Å². The monoisotopic (exact) mass is 937 g/mol. The number of rotatable bonds is 13. The molecular weight excluding hydrogens is 890 g/mol. The van der Waals surface area contributed by atoms with E-state index < -0.39 is 33.2 Å². The van der Waals surface area contributed by atoms with Gasteiger partial charge in [0.05, 0.1) is 16.5 Å². The van der Waals surface area contributed by atoms with E-state index in [4.69, 9.17) is 41.1 Å². The van der Waals surface area contributed by atoms with Gasteiger partial charge in [0.1, 0.15) is 11.5 Å². The number of hydrogen-bond donors (Lipinski definition) is 4. The van der Waals surface area contributed by atoms with Gasteiger partial charge in [-0.15, -0.1) is 0 Å². The van der Waals surface area contributed by atoms with Crippen molar-refractivity contribution in [1.82, 2.24) is 15.1 Å². The summed E-state index contributed by atoms with van der Waals surface area (Å²) in [7, 11) is 0. The van der Waals surface area contributed by atoms with Crippen LogP contribution in [0.4, 0.5) is 21.0 Å². The number of non-ortho nitro benzene ring substituents is 2. The van der Waals surface area contributed by atoms with E-state index in [-0.39, 0.29) is 93.3 Å². The molecule has 0 radical (unpaired) electrons. The van der Waals surface area contributed by atoms with Crippen LogP contribution in [-0.4, -0.2) is 135 Å². The molecule has 0 atom stereocenters. The van der Waals surface area contributed by atoms with Gasteiger partial charge in [0.2, 0.25) is 0 Å². The van der Waals surface area contributed by atoms with Gasteiger partial charge in [-0.05, 0) is 56.4 Å². The highest BCUT2D eigenvalue weighted by Gasteiger charge is 2.23. The second-order valence-electron chi connectivity index (χ2n) is 12.1. The third-order valence-corrected chi connectivity index (χ3v) is 7.43. The lowest BCUT2D eigenvalue weighted by atomic mass is 10.3. The molecule has 25 heteroatoms. The van der Waals surface area contributed by atoms with Crippen LogP contribution in [0.15, 0.2) is 85.0 Å². The van der Waals surface area contributed by atoms with Gasteiger partial charge in [0.15, 0.2) is 0 Å². The quantitative estimate of drug-likeness (QED) is 0.0426. The number of aliphatic hydroxyl groups is 3. The third-order valence-electron chi connectivity index (χ3n) is 7.36. The minimum absolute atomic E-state index is 0. The molecule has 0 aliphatic carbocycles. The van der Waals surface area contributed by atoms with Crippen LogP contribution in [0.5, 0.6) is 11.5 Å². The molecule has 4 heterocycles. The molecule has 2 aromatic rings. The Morgan fingerprint density at radius 3 is 1.31 bits per heavy atom. The molecule has 1 saturated heterocycles. The van der Waals surface area contributed by atoms with Crippen LogP contribution in [0, 0.1) is 20.2 Å². The molecule has 0 bridgehead atoms. The topological polar surface area (TPSA) is 339 Å². The number of amides is 6. The molecule has 4 aliphatic heterocycles. The summed E-state index contributed by atoms with van der Waals surface area (Å²) in [6.07, 6.45) is 10.0. The van der Waals surface area contributed by atoms with Gasteiger partial charge < -0.3 is 34.3 Å². The number of aliphatic hydroxyl groups excluding tert-OH is 3. The number of nitro benzene ring substituents is 2. The van der Waals surface area contributed by atoms with E-state index >= 15 is 0 Å². The van der Waals surface area contributed by atoms with Crippen molar-refractivity contribution in [3.63, 3.8) is 0 Å². The molecule has 6 amide bonds. The Hall–Kier alpha value is -7.25. The van der Waals surface area contributed by atoms with Crippen LogP contribution in [0.1, 0.15) is 39.5 Å². The number of nitrogens with one attached hydrogen (secondary N) is 1. The van der Waals surface area contributed by atoms with Crippen molar-refractivity contribution in [2.45, 2.75) is 39.5 Å². The number of carbonyl (C=O) groups excluding carboxylic acids is 8. The van der Waals surface area contributed by atoms with Gasteiger partial charge in [0.25, 0.3) is 46.8 Å². The molecule has 4 aliphatic rings. The number of carbonyl (C=O) groups is 8. The fraction of sp³-hybridized carbons (Fsp3) is 0.350. The van der Waals surface area contributed by atoms with Crippen LogP contribution < -0.4 is 14.8 Å². The van der Waals surface area contributed by atoms with Crippen molar-refractivity contribution in [3.8, 4) is 11.5 Å². The van der Waals surface area contributed by atoms with Crippen molar-refractivity contribution < 1.29 is 82.5 Å². The molecule has 0 aromatic heterocycles. The van der Waals surface area contributed by atoms with E-state index in [1.807, 2.05) is 5.32 Å². The van der Waals surface area contributed by atoms with Gasteiger partial charge in [-0.1, -0.05) is 7.43 Å². The SMILES string of the molecule is C.C1CCOC1.O=C(Cl)Oc1ccc([N+](=O)[O-])cc1.O=C(OCCCN1C(=O)C=CC1=O)Oc1ccc([N+](=O)[O-])cc1.O=C1C=CC(=O)N1.O=C1C=CC(=O)N1CCCO.OCCCO. The number of ether oxygens (including phenoxy) is 4. The van der Waals surface area contributed by atoms with Crippen LogP contribution in [0.2, 0.25) is 0 Å². The van der Waals surface area contributed by atoms with Crippen molar-refractivity contribution >= 4 is 70.0 Å². The minimum Gasteiger partial charge on any atom is -0.434 e. The number of nitro groups is 2. The highest BCUT2D eigenvalue weighted by molar-refractivity contribution is 6.61. The molecule has 1 fully saturated rings. The smallest absolute Gasteiger partial charge is 0.434 e. The number of hydrogen-bond acceptors (Lipinski definition) is 19. The first-order valence-corrected chi connectivity index (χ1v) is 19.1. The summed E-state index contributed by atoms with van der Waals surface area (Å²) in [6.45, 7) is 2.59. The largest absolute Gasteiger partial charge is 0.513 e. The van der Waals surface area contributed by atoms with E-state index in [1.54, 1.807) is 0 Å². The molecule has 0 unspecified atom stereocenters. The normalized spacial score (nSPS) is 13.8. The molecule has 0 saturated carbocycles. The van der Waals surface area contributed by atoms with Crippen molar-refractivity contribution in [1.29, 1.82) is 0 Å². The zero-order valence-electron chi connectivity index (χ0n) is 33.8. The maximum Gasteiger partial charge on any atom is 0.513 e. The highest BCUT2D eigenvalue weighted by Crippen LogP contribution is 2.19. The lowest BCUT2D eigenvalue weighted by Crippen LogP contribution is -2.31. The van der Waals surface area contributed by atoms with E-state index in [9.17, 15) is 58.6 Å². The zero-order chi connectivity index (χ0) is 47.9. The van der Waals surface area contributed by atoms with Crippen molar-refractivity contribution in [3.05, 3.63) is 105 Å². The van der Waals surface area contributed by atoms with Gasteiger partial charge >= 0.3 is 11.6 Å². The zero-order valence-corrected chi connectivity index (χ0v) is 34.6. The Morgan fingerprint density at radius 2 is 1.02 bits per heavy atom. The number of imide groups is 3. The van der Waals surface area contributed by atoms with Crippen LogP contribution in [-0.2, 0) is 38.2 Å². The first kappa shape index (κ1) is 57.8. The molecule has 0 spiro atoms. The molecular formula is C40H48ClN5O19. The number of nitrogens with zero attached hydrogens (tertiary/aromatic N) is 4.